The molecule has 0 saturated heterocycles. The van der Waals surface area contributed by atoms with Gasteiger partial charge in [-0.05, 0) is 58.3 Å². The average molecular weight is 320 g/mol. The maximum absolute atomic E-state index is 5.21. The van der Waals surface area contributed by atoms with Crippen LogP contribution in [0.3, 0.4) is 0 Å². The number of hydrogen-bond acceptors (Lipinski definition) is 3. The van der Waals surface area contributed by atoms with Gasteiger partial charge in [0, 0.05) is 25.2 Å². The molecule has 1 aromatic rings. The normalized spacial score (nSPS) is 17.0. The van der Waals surface area contributed by atoms with E-state index in [4.69, 9.17) is 9.52 Å². The molecule has 0 amide bonds. The van der Waals surface area contributed by atoms with E-state index in [9.17, 15) is 0 Å². The predicted molar refractivity (Wildman–Crippen MR) is 94.9 cm³/mol. The number of aliphatic imine (C=N–C) groups is 1. The first kappa shape index (κ1) is 17.8. The average Bonchev–Trinajstić information content (AvgIpc) is 2.82. The molecule has 0 spiro atoms. The molecule has 0 aromatic carbocycles. The highest BCUT2D eigenvalue weighted by atomic mass is 16.5. The molecule has 2 rings (SSSR count). The van der Waals surface area contributed by atoms with Gasteiger partial charge in [0.1, 0.15) is 5.76 Å². The summed E-state index contributed by atoms with van der Waals surface area (Å²) in [6, 6.07) is 0. The van der Waals surface area contributed by atoms with Crippen molar-refractivity contribution in [2.45, 2.75) is 66.2 Å². The van der Waals surface area contributed by atoms with Crippen LogP contribution in [-0.4, -0.2) is 30.8 Å². The summed E-state index contributed by atoms with van der Waals surface area (Å²) in [7, 11) is 0. The van der Waals surface area contributed by atoms with Crippen LogP contribution in [0.1, 0.15) is 63.0 Å². The molecule has 1 aromatic heterocycles. The highest BCUT2D eigenvalue weighted by Gasteiger charge is 2.34. The molecule has 0 atom stereocenters. The van der Waals surface area contributed by atoms with Crippen LogP contribution in [0.2, 0.25) is 0 Å². The predicted octanol–water partition coefficient (Wildman–Crippen LogP) is 3.36. The van der Waals surface area contributed by atoms with Gasteiger partial charge in [-0.2, -0.15) is 0 Å². The topological polar surface area (TPSA) is 62.5 Å². The second-order valence-corrected chi connectivity index (χ2v) is 6.74. The minimum atomic E-state index is 0.471. The van der Waals surface area contributed by atoms with Crippen molar-refractivity contribution >= 4 is 5.96 Å². The smallest absolute Gasteiger partial charge is 0.191 e. The molecule has 1 heterocycles. The van der Waals surface area contributed by atoms with Crippen molar-refractivity contribution in [2.24, 2.45) is 10.4 Å². The molecule has 1 fully saturated rings. The third kappa shape index (κ3) is 4.72. The Labute approximate surface area is 140 Å². The van der Waals surface area contributed by atoms with E-state index in [1.54, 1.807) is 0 Å². The van der Waals surface area contributed by atoms with E-state index in [0.29, 0.717) is 5.41 Å². The van der Waals surface area contributed by atoms with E-state index >= 15 is 0 Å². The van der Waals surface area contributed by atoms with Gasteiger partial charge in [0.25, 0.3) is 0 Å². The van der Waals surface area contributed by atoms with Crippen molar-refractivity contribution in [3.63, 3.8) is 0 Å². The van der Waals surface area contributed by atoms with Crippen molar-refractivity contribution in [3.8, 4) is 0 Å². The monoisotopic (exact) mass is 320 g/mol. The van der Waals surface area contributed by atoms with Gasteiger partial charge in [-0.1, -0.05) is 18.5 Å². The van der Waals surface area contributed by atoms with Gasteiger partial charge < -0.3 is 15.2 Å². The standard InChI is InChI=1S/C18H32N4O/c1-5-18(10-8-11-18)13-21-17(19-6-2)20-12-7-9-16-14(3)22-23-15(16)4/h5-13H2,1-4H3,(H2,19,20,21). The number of nitrogens with zero attached hydrogens (tertiary/aromatic N) is 2. The number of nitrogens with one attached hydrogen (secondary N) is 2. The lowest BCUT2D eigenvalue weighted by Crippen LogP contribution is -2.40. The second-order valence-electron chi connectivity index (χ2n) is 6.74. The Bertz CT molecular complexity index is 492. The Hall–Kier alpha value is -1.52. The molecule has 23 heavy (non-hydrogen) atoms. The zero-order valence-corrected chi connectivity index (χ0v) is 15.2. The molecular weight excluding hydrogens is 288 g/mol. The van der Waals surface area contributed by atoms with Crippen LogP contribution < -0.4 is 10.6 Å². The van der Waals surface area contributed by atoms with Crippen LogP contribution in [0.25, 0.3) is 0 Å². The quantitative estimate of drug-likeness (QED) is 0.438. The molecule has 5 heteroatoms. The van der Waals surface area contributed by atoms with E-state index in [2.05, 4.69) is 29.6 Å². The summed E-state index contributed by atoms with van der Waals surface area (Å²) in [5, 5.41) is 10.8. The minimum Gasteiger partial charge on any atom is -0.361 e. The molecule has 0 bridgehead atoms. The summed E-state index contributed by atoms with van der Waals surface area (Å²) in [5.74, 6) is 1.89. The Morgan fingerprint density at radius 3 is 2.57 bits per heavy atom. The Kier molecular flexibility index (Phi) is 6.48. The Morgan fingerprint density at radius 2 is 2.04 bits per heavy atom. The number of aryl methyl sites for hydroxylation is 2. The summed E-state index contributed by atoms with van der Waals surface area (Å²) in [6.07, 6.45) is 7.31. The van der Waals surface area contributed by atoms with Crippen molar-refractivity contribution < 1.29 is 4.52 Å². The fourth-order valence-corrected chi connectivity index (χ4v) is 3.22. The van der Waals surface area contributed by atoms with Gasteiger partial charge in [-0.15, -0.1) is 0 Å². The van der Waals surface area contributed by atoms with Crippen LogP contribution in [0.4, 0.5) is 0 Å². The number of aromatic nitrogens is 1. The summed E-state index contributed by atoms with van der Waals surface area (Å²) in [6.45, 7) is 11.1. The van der Waals surface area contributed by atoms with Gasteiger partial charge in [0.2, 0.25) is 0 Å². The molecule has 130 valence electrons. The van der Waals surface area contributed by atoms with E-state index in [-0.39, 0.29) is 0 Å². The van der Waals surface area contributed by atoms with E-state index in [1.807, 2.05) is 13.8 Å². The molecule has 1 aliphatic rings. The maximum atomic E-state index is 5.21. The van der Waals surface area contributed by atoms with Crippen molar-refractivity contribution in [3.05, 3.63) is 17.0 Å². The summed E-state index contributed by atoms with van der Waals surface area (Å²) in [5.41, 5.74) is 2.73. The maximum Gasteiger partial charge on any atom is 0.191 e. The molecule has 1 aliphatic carbocycles. The number of hydrogen-bond donors (Lipinski definition) is 2. The molecule has 5 nitrogen and oxygen atoms in total. The van der Waals surface area contributed by atoms with Crippen LogP contribution in [-0.2, 0) is 6.42 Å². The van der Waals surface area contributed by atoms with Gasteiger partial charge >= 0.3 is 0 Å². The summed E-state index contributed by atoms with van der Waals surface area (Å²) in [4.78, 5) is 4.81. The molecule has 0 aliphatic heterocycles. The highest BCUT2D eigenvalue weighted by molar-refractivity contribution is 5.79. The lowest BCUT2D eigenvalue weighted by Gasteiger charge is -2.40. The molecule has 2 N–H and O–H groups in total. The van der Waals surface area contributed by atoms with Crippen LogP contribution in [0.5, 0.6) is 0 Å². The molecule has 0 radical (unpaired) electrons. The Morgan fingerprint density at radius 1 is 1.26 bits per heavy atom. The Balaban J connectivity index is 1.78. The highest BCUT2D eigenvalue weighted by Crippen LogP contribution is 2.43. The van der Waals surface area contributed by atoms with Crippen LogP contribution >= 0.6 is 0 Å². The van der Waals surface area contributed by atoms with E-state index < -0.39 is 0 Å². The molecule has 1 saturated carbocycles. The van der Waals surface area contributed by atoms with Crippen LogP contribution in [0, 0.1) is 19.3 Å². The fourth-order valence-electron chi connectivity index (χ4n) is 3.22. The van der Waals surface area contributed by atoms with Crippen molar-refractivity contribution in [2.75, 3.05) is 19.6 Å². The SMILES string of the molecule is CCNC(=NCC1(CC)CCC1)NCCCc1c(C)noc1C. The fraction of sp³-hybridized carbons (Fsp3) is 0.778. The van der Waals surface area contributed by atoms with Crippen molar-refractivity contribution in [1.29, 1.82) is 0 Å². The summed E-state index contributed by atoms with van der Waals surface area (Å²) < 4.78 is 5.21. The first-order valence-electron chi connectivity index (χ1n) is 9.04. The van der Waals surface area contributed by atoms with Gasteiger partial charge in [0.05, 0.1) is 5.69 Å². The van der Waals surface area contributed by atoms with Crippen LogP contribution in [0.15, 0.2) is 9.52 Å². The van der Waals surface area contributed by atoms with Gasteiger partial charge in [-0.3, -0.25) is 4.99 Å². The van der Waals surface area contributed by atoms with Gasteiger partial charge in [-0.25, -0.2) is 0 Å². The zero-order valence-electron chi connectivity index (χ0n) is 15.2. The minimum absolute atomic E-state index is 0.471. The van der Waals surface area contributed by atoms with E-state index in [0.717, 1.165) is 49.9 Å². The van der Waals surface area contributed by atoms with Crippen molar-refractivity contribution in [1.82, 2.24) is 15.8 Å². The number of guanidine groups is 1. The molecular formula is C18H32N4O. The van der Waals surface area contributed by atoms with E-state index in [1.165, 1.54) is 31.2 Å². The number of rotatable bonds is 8. The lowest BCUT2D eigenvalue weighted by molar-refractivity contribution is 0.139. The first-order chi connectivity index (χ1) is 11.1. The van der Waals surface area contributed by atoms with Gasteiger partial charge in [0.15, 0.2) is 5.96 Å². The summed E-state index contributed by atoms with van der Waals surface area (Å²) >= 11 is 0. The first-order valence-corrected chi connectivity index (χ1v) is 9.04. The lowest BCUT2D eigenvalue weighted by atomic mass is 9.67. The third-order valence-corrected chi connectivity index (χ3v) is 5.16. The second kappa shape index (κ2) is 8.37. The molecule has 0 unspecified atom stereocenters. The largest absolute Gasteiger partial charge is 0.361 e. The third-order valence-electron chi connectivity index (χ3n) is 5.16. The zero-order chi connectivity index (χ0) is 16.7.